The van der Waals surface area contributed by atoms with Crippen molar-refractivity contribution in [2.45, 2.75) is 44.2 Å². The van der Waals surface area contributed by atoms with Gasteiger partial charge in [-0.1, -0.05) is 43.7 Å². The fraction of sp³-hybridized carbons (Fsp3) is 0.360. The maximum atomic E-state index is 13.4. The van der Waals surface area contributed by atoms with Gasteiger partial charge in [-0.25, -0.2) is 0 Å². The van der Waals surface area contributed by atoms with Crippen LogP contribution in [-0.2, 0) is 10.2 Å². The number of rotatable bonds is 6. The summed E-state index contributed by atoms with van der Waals surface area (Å²) in [4.78, 5) is 15.2. The fourth-order valence-electron chi connectivity index (χ4n) is 4.57. The van der Waals surface area contributed by atoms with Gasteiger partial charge in [-0.05, 0) is 43.0 Å². The van der Waals surface area contributed by atoms with Crippen LogP contribution in [0.2, 0.25) is 0 Å². The van der Waals surface area contributed by atoms with Crippen molar-refractivity contribution in [3.63, 3.8) is 0 Å². The predicted molar refractivity (Wildman–Crippen MR) is 120 cm³/mol. The van der Waals surface area contributed by atoms with Crippen molar-refractivity contribution in [1.29, 1.82) is 5.26 Å². The van der Waals surface area contributed by atoms with Crippen molar-refractivity contribution < 1.29 is 9.53 Å². The van der Waals surface area contributed by atoms with Gasteiger partial charge in [0.25, 0.3) is 0 Å². The smallest absolute Gasteiger partial charge is 0.232 e. The van der Waals surface area contributed by atoms with Gasteiger partial charge in [-0.3, -0.25) is 9.36 Å². The van der Waals surface area contributed by atoms with Crippen LogP contribution in [0.5, 0.6) is 5.75 Å². The average molecular weight is 430 g/mol. The molecule has 1 aliphatic heterocycles. The second-order valence-electron chi connectivity index (χ2n) is 8.23. The van der Waals surface area contributed by atoms with Crippen molar-refractivity contribution in [2.75, 3.05) is 13.6 Å². The summed E-state index contributed by atoms with van der Waals surface area (Å²) in [5.41, 5.74) is 1.65. The molecule has 4 rings (SSSR count). The first kappa shape index (κ1) is 21.6. The topological polar surface area (TPSA) is 84.0 Å². The first-order valence-corrected chi connectivity index (χ1v) is 10.9. The molecule has 1 aliphatic rings. The Balaban J connectivity index is 1.73. The first-order chi connectivity index (χ1) is 15.6. The summed E-state index contributed by atoms with van der Waals surface area (Å²) in [7, 11) is 1.89. The number of carbonyl (C=O) groups excluding carboxylic acids is 1. The van der Waals surface area contributed by atoms with Crippen molar-refractivity contribution in [3.05, 3.63) is 77.9 Å². The number of likely N-dealkylation sites (N-methyl/N-ethyl adjacent to an activating group) is 1. The molecule has 0 N–H and O–H groups in total. The number of benzene rings is 2. The van der Waals surface area contributed by atoms with E-state index in [0.29, 0.717) is 11.3 Å². The van der Waals surface area contributed by atoms with Crippen molar-refractivity contribution in [2.24, 2.45) is 0 Å². The highest BCUT2D eigenvalue weighted by Gasteiger charge is 2.41. The summed E-state index contributed by atoms with van der Waals surface area (Å²) in [6.07, 6.45) is 6.10. The van der Waals surface area contributed by atoms with Gasteiger partial charge < -0.3 is 9.64 Å². The molecule has 1 aromatic heterocycles. The van der Waals surface area contributed by atoms with E-state index in [-0.39, 0.29) is 5.91 Å². The lowest BCUT2D eigenvalue weighted by Gasteiger charge is -2.33. The molecule has 0 spiro atoms. The number of ether oxygens (including phenoxy) is 1. The highest BCUT2D eigenvalue weighted by molar-refractivity contribution is 5.88. The molecule has 1 saturated heterocycles. The van der Waals surface area contributed by atoms with Crippen molar-refractivity contribution in [3.8, 4) is 11.8 Å². The quantitative estimate of drug-likeness (QED) is 0.590. The van der Waals surface area contributed by atoms with Crippen LogP contribution in [0.3, 0.4) is 0 Å². The van der Waals surface area contributed by atoms with E-state index in [2.05, 4.69) is 23.2 Å². The maximum Gasteiger partial charge on any atom is 0.232 e. The summed E-state index contributed by atoms with van der Waals surface area (Å²) in [5.74, 6) is 0.793. The summed E-state index contributed by atoms with van der Waals surface area (Å²) in [6.45, 7) is 2.87. The number of likely N-dealkylation sites (tertiary alicyclic amines) is 1. The molecular weight excluding hydrogens is 402 g/mol. The van der Waals surface area contributed by atoms with Gasteiger partial charge in [-0.15, -0.1) is 10.2 Å². The van der Waals surface area contributed by atoms with E-state index in [0.717, 1.165) is 43.4 Å². The van der Waals surface area contributed by atoms with Crippen molar-refractivity contribution >= 4 is 5.91 Å². The molecular formula is C25H27N5O2. The largest absolute Gasteiger partial charge is 0.466 e. The van der Waals surface area contributed by atoms with Crippen LogP contribution in [-0.4, -0.2) is 39.2 Å². The lowest BCUT2D eigenvalue weighted by molar-refractivity contribution is -0.135. The van der Waals surface area contributed by atoms with Crippen LogP contribution in [0.1, 0.15) is 55.5 Å². The summed E-state index contributed by atoms with van der Waals surface area (Å²) < 4.78 is 8.13. The Morgan fingerprint density at radius 3 is 2.69 bits per heavy atom. The third kappa shape index (κ3) is 3.96. The van der Waals surface area contributed by atoms with Gasteiger partial charge in [0, 0.05) is 19.2 Å². The molecule has 0 saturated carbocycles. The lowest BCUT2D eigenvalue weighted by atomic mass is 9.73. The average Bonchev–Trinajstić information content (AvgIpc) is 3.32. The number of carbonyl (C=O) groups is 1. The lowest BCUT2D eigenvalue weighted by Crippen LogP contribution is -2.43. The van der Waals surface area contributed by atoms with Gasteiger partial charge in [0.05, 0.1) is 17.0 Å². The maximum absolute atomic E-state index is 13.4. The third-order valence-electron chi connectivity index (χ3n) is 6.40. The predicted octanol–water partition coefficient (Wildman–Crippen LogP) is 4.07. The van der Waals surface area contributed by atoms with E-state index in [1.165, 1.54) is 0 Å². The van der Waals surface area contributed by atoms with E-state index in [9.17, 15) is 10.1 Å². The zero-order chi connectivity index (χ0) is 22.6. The molecule has 0 aliphatic carbocycles. The Morgan fingerprint density at radius 1 is 1.16 bits per heavy atom. The molecule has 0 radical (unpaired) electrons. The minimum absolute atomic E-state index is 0.167. The number of nitrogens with zero attached hydrogens (tertiary/aromatic N) is 5. The molecule has 7 heteroatoms. The third-order valence-corrected chi connectivity index (χ3v) is 6.40. The molecule has 1 fully saturated rings. The summed E-state index contributed by atoms with van der Waals surface area (Å²) in [6, 6.07) is 17.4. The van der Waals surface area contributed by atoms with E-state index in [4.69, 9.17) is 4.74 Å². The van der Waals surface area contributed by atoms with Gasteiger partial charge in [0.15, 0.2) is 0 Å². The zero-order valence-corrected chi connectivity index (χ0v) is 18.4. The van der Waals surface area contributed by atoms with Crippen LogP contribution in [0.4, 0.5) is 0 Å². The number of aromatic nitrogens is 3. The normalized spacial score (nSPS) is 19.8. The Hall–Kier alpha value is -3.66. The summed E-state index contributed by atoms with van der Waals surface area (Å²) in [5, 5.41) is 17.4. The van der Waals surface area contributed by atoms with Crippen LogP contribution in [0.15, 0.2) is 61.2 Å². The van der Waals surface area contributed by atoms with Crippen LogP contribution < -0.4 is 4.74 Å². The number of amides is 1. The molecule has 2 heterocycles. The molecule has 2 unspecified atom stereocenters. The molecule has 164 valence electrons. The minimum Gasteiger partial charge on any atom is -0.466 e. The molecule has 2 aromatic carbocycles. The highest BCUT2D eigenvalue weighted by atomic mass is 16.5. The Morgan fingerprint density at radius 2 is 1.94 bits per heavy atom. The highest BCUT2D eigenvalue weighted by Crippen LogP contribution is 2.39. The zero-order valence-electron chi connectivity index (χ0n) is 18.4. The Labute approximate surface area is 188 Å². The molecule has 3 aromatic rings. The first-order valence-electron chi connectivity index (χ1n) is 10.9. The number of nitriles is 1. The van der Waals surface area contributed by atoms with Crippen molar-refractivity contribution in [1.82, 2.24) is 19.7 Å². The second-order valence-corrected chi connectivity index (χ2v) is 8.23. The van der Waals surface area contributed by atoms with Gasteiger partial charge in [0.2, 0.25) is 12.1 Å². The van der Waals surface area contributed by atoms with Gasteiger partial charge in [0.1, 0.15) is 18.4 Å². The molecule has 2 atom stereocenters. The van der Waals surface area contributed by atoms with Crippen LogP contribution >= 0.6 is 0 Å². The molecule has 1 amide bonds. The second kappa shape index (κ2) is 9.23. The van der Waals surface area contributed by atoms with Gasteiger partial charge >= 0.3 is 0 Å². The number of hydrogen-bond donors (Lipinski definition) is 0. The molecule has 0 bridgehead atoms. The van der Waals surface area contributed by atoms with E-state index < -0.39 is 11.6 Å². The Kier molecular flexibility index (Phi) is 6.22. The summed E-state index contributed by atoms with van der Waals surface area (Å²) >= 11 is 0. The van der Waals surface area contributed by atoms with Crippen LogP contribution in [0, 0.1) is 11.3 Å². The van der Waals surface area contributed by atoms with E-state index in [1.807, 2.05) is 54.4 Å². The monoisotopic (exact) mass is 429 g/mol. The van der Waals surface area contributed by atoms with E-state index in [1.54, 1.807) is 23.3 Å². The fourth-order valence-corrected chi connectivity index (χ4v) is 4.57. The standard InChI is InChI=1S/C25H27N5O2/c1-3-25(13-6-7-14-29(2)24(25)31)20-10-8-11-21(15-20)32-23(30-17-27-28-18-30)22-12-5-4-9-19(22)16-26/h4-5,8-12,15,17-18,23H,3,6-7,13-14H2,1-2H3. The van der Waals surface area contributed by atoms with Crippen LogP contribution in [0.25, 0.3) is 0 Å². The molecule has 7 nitrogen and oxygen atoms in total. The molecule has 32 heavy (non-hydrogen) atoms. The number of hydrogen-bond acceptors (Lipinski definition) is 5. The van der Waals surface area contributed by atoms with E-state index >= 15 is 0 Å². The SMILES string of the molecule is CCC1(c2cccc(OC(c3ccccc3C#N)n3cnnc3)c2)CCCCN(C)C1=O. The van der Waals surface area contributed by atoms with Gasteiger partial charge in [-0.2, -0.15) is 5.26 Å². The Bertz CT molecular complexity index is 1120. The minimum atomic E-state index is -0.610.